The standard InChI is InChI=1S/C7H14O4S/c1-12(8,9)11-6-7-4-2-3-5-10-7/h7H,2-6H2,1H3/t7-/m1/s1. The van der Waals surface area contributed by atoms with Crippen LogP contribution in [0.25, 0.3) is 0 Å². The molecule has 12 heavy (non-hydrogen) atoms. The Labute approximate surface area is 73.0 Å². The molecule has 1 aliphatic heterocycles. The van der Waals surface area contributed by atoms with Gasteiger partial charge in [0.25, 0.3) is 10.1 Å². The van der Waals surface area contributed by atoms with Gasteiger partial charge in [-0.25, -0.2) is 0 Å². The third-order valence-electron chi connectivity index (χ3n) is 1.74. The SMILES string of the molecule is CS(=O)(=O)OC[C@H]1CCCCO1. The molecule has 0 aromatic carbocycles. The maximum Gasteiger partial charge on any atom is 0.264 e. The van der Waals surface area contributed by atoms with Gasteiger partial charge in [0, 0.05) is 6.61 Å². The molecule has 0 unspecified atom stereocenters. The lowest BCUT2D eigenvalue weighted by molar-refractivity contribution is -0.00953. The molecule has 4 nitrogen and oxygen atoms in total. The molecule has 0 radical (unpaired) electrons. The lowest BCUT2D eigenvalue weighted by Gasteiger charge is -2.21. The summed E-state index contributed by atoms with van der Waals surface area (Å²) in [6.07, 6.45) is 4.08. The Bertz CT molecular complexity index is 216. The van der Waals surface area contributed by atoms with E-state index < -0.39 is 10.1 Å². The van der Waals surface area contributed by atoms with Crippen LogP contribution in [0, 0.1) is 0 Å². The van der Waals surface area contributed by atoms with Crippen molar-refractivity contribution in [1.29, 1.82) is 0 Å². The van der Waals surface area contributed by atoms with Crippen LogP contribution in [0.1, 0.15) is 19.3 Å². The molecule has 1 fully saturated rings. The van der Waals surface area contributed by atoms with Gasteiger partial charge in [-0.15, -0.1) is 0 Å². The fourth-order valence-electron chi connectivity index (χ4n) is 1.14. The van der Waals surface area contributed by atoms with Crippen LogP contribution >= 0.6 is 0 Å². The smallest absolute Gasteiger partial charge is 0.264 e. The van der Waals surface area contributed by atoms with Gasteiger partial charge in [-0.05, 0) is 19.3 Å². The van der Waals surface area contributed by atoms with Crippen molar-refractivity contribution in [2.75, 3.05) is 19.5 Å². The van der Waals surface area contributed by atoms with Gasteiger partial charge in [-0.3, -0.25) is 4.18 Å². The molecule has 1 atom stereocenters. The molecule has 0 aromatic heterocycles. The van der Waals surface area contributed by atoms with Crippen LogP contribution in [0.5, 0.6) is 0 Å². The average Bonchev–Trinajstić information content (AvgIpc) is 2.02. The minimum Gasteiger partial charge on any atom is -0.376 e. The third kappa shape index (κ3) is 4.04. The van der Waals surface area contributed by atoms with Crippen LogP contribution in [-0.2, 0) is 19.0 Å². The molecule has 0 aliphatic carbocycles. The zero-order chi connectivity index (χ0) is 9.03. The van der Waals surface area contributed by atoms with Crippen LogP contribution in [0.2, 0.25) is 0 Å². The molecule has 0 aromatic rings. The molecule has 1 aliphatic rings. The first-order chi connectivity index (χ1) is 5.58. The first kappa shape index (κ1) is 9.95. The van der Waals surface area contributed by atoms with Crippen LogP contribution in [-0.4, -0.2) is 34.0 Å². The average molecular weight is 194 g/mol. The monoisotopic (exact) mass is 194 g/mol. The summed E-state index contributed by atoms with van der Waals surface area (Å²) in [5.41, 5.74) is 0. The molecule has 0 amide bonds. The lowest BCUT2D eigenvalue weighted by Crippen LogP contribution is -2.25. The molecule has 72 valence electrons. The highest BCUT2D eigenvalue weighted by Gasteiger charge is 2.15. The van der Waals surface area contributed by atoms with Crippen LogP contribution in [0.3, 0.4) is 0 Å². The Morgan fingerprint density at radius 2 is 2.25 bits per heavy atom. The zero-order valence-electron chi connectivity index (χ0n) is 7.15. The summed E-state index contributed by atoms with van der Waals surface area (Å²) in [6, 6.07) is 0. The van der Waals surface area contributed by atoms with Gasteiger partial charge in [0.05, 0.1) is 19.0 Å². The maximum absolute atomic E-state index is 10.6. The normalized spacial score (nSPS) is 25.6. The summed E-state index contributed by atoms with van der Waals surface area (Å²) in [4.78, 5) is 0. The fraction of sp³-hybridized carbons (Fsp3) is 1.00. The summed E-state index contributed by atoms with van der Waals surface area (Å²) in [6.45, 7) is 0.886. The van der Waals surface area contributed by atoms with Gasteiger partial charge in [0.2, 0.25) is 0 Å². The van der Waals surface area contributed by atoms with Crippen molar-refractivity contribution in [3.63, 3.8) is 0 Å². The molecule has 1 heterocycles. The summed E-state index contributed by atoms with van der Waals surface area (Å²) >= 11 is 0. The Morgan fingerprint density at radius 1 is 1.50 bits per heavy atom. The van der Waals surface area contributed by atoms with E-state index in [0.717, 1.165) is 32.1 Å². The summed E-state index contributed by atoms with van der Waals surface area (Å²) < 4.78 is 31.1. The molecule has 1 saturated heterocycles. The second kappa shape index (κ2) is 4.20. The number of hydrogen-bond donors (Lipinski definition) is 0. The van der Waals surface area contributed by atoms with Gasteiger partial charge < -0.3 is 4.74 Å². The number of ether oxygens (including phenoxy) is 1. The highest BCUT2D eigenvalue weighted by Crippen LogP contribution is 2.13. The van der Waals surface area contributed by atoms with Gasteiger partial charge in [-0.1, -0.05) is 0 Å². The molecule has 0 spiro atoms. The van der Waals surface area contributed by atoms with E-state index in [-0.39, 0.29) is 12.7 Å². The molecule has 1 rings (SSSR count). The van der Waals surface area contributed by atoms with Crippen molar-refractivity contribution in [2.24, 2.45) is 0 Å². The van der Waals surface area contributed by atoms with E-state index >= 15 is 0 Å². The van der Waals surface area contributed by atoms with Gasteiger partial charge >= 0.3 is 0 Å². The molecular formula is C7H14O4S. The number of rotatable bonds is 3. The Morgan fingerprint density at radius 3 is 2.75 bits per heavy atom. The predicted octanol–water partition coefficient (Wildman–Crippen LogP) is 0.532. The highest BCUT2D eigenvalue weighted by atomic mass is 32.2. The van der Waals surface area contributed by atoms with E-state index in [2.05, 4.69) is 4.18 Å². The maximum atomic E-state index is 10.6. The van der Waals surface area contributed by atoms with Gasteiger partial charge in [0.1, 0.15) is 0 Å². The van der Waals surface area contributed by atoms with Crippen molar-refractivity contribution in [1.82, 2.24) is 0 Å². The fourth-order valence-corrected chi connectivity index (χ4v) is 1.54. The molecule has 5 heteroatoms. The Hall–Kier alpha value is -0.130. The minimum absolute atomic E-state index is 0.0338. The van der Waals surface area contributed by atoms with Crippen LogP contribution in [0.15, 0.2) is 0 Å². The number of hydrogen-bond acceptors (Lipinski definition) is 4. The van der Waals surface area contributed by atoms with Crippen molar-refractivity contribution in [3.8, 4) is 0 Å². The summed E-state index contributed by atoms with van der Waals surface area (Å²) in [7, 11) is -3.30. The van der Waals surface area contributed by atoms with Crippen molar-refractivity contribution in [2.45, 2.75) is 25.4 Å². The molecule has 0 saturated carbocycles. The highest BCUT2D eigenvalue weighted by molar-refractivity contribution is 7.85. The van der Waals surface area contributed by atoms with Gasteiger partial charge in [0.15, 0.2) is 0 Å². The van der Waals surface area contributed by atoms with Gasteiger partial charge in [-0.2, -0.15) is 8.42 Å². The first-order valence-corrected chi connectivity index (χ1v) is 5.85. The zero-order valence-corrected chi connectivity index (χ0v) is 7.97. The predicted molar refractivity (Wildman–Crippen MR) is 44.4 cm³/mol. The molecular weight excluding hydrogens is 180 g/mol. The topological polar surface area (TPSA) is 52.6 Å². The first-order valence-electron chi connectivity index (χ1n) is 4.04. The van der Waals surface area contributed by atoms with E-state index in [1.807, 2.05) is 0 Å². The quantitative estimate of drug-likeness (QED) is 0.615. The van der Waals surface area contributed by atoms with E-state index in [1.54, 1.807) is 0 Å². The second-order valence-corrected chi connectivity index (χ2v) is 4.62. The molecule has 0 N–H and O–H groups in total. The Kier molecular flexibility index (Phi) is 3.49. The van der Waals surface area contributed by atoms with Crippen LogP contribution in [0.4, 0.5) is 0 Å². The minimum atomic E-state index is -3.30. The van der Waals surface area contributed by atoms with Crippen LogP contribution < -0.4 is 0 Å². The third-order valence-corrected chi connectivity index (χ3v) is 2.31. The Balaban J connectivity index is 2.22. The lowest BCUT2D eigenvalue weighted by atomic mass is 10.1. The van der Waals surface area contributed by atoms with Crippen molar-refractivity contribution < 1.29 is 17.3 Å². The van der Waals surface area contributed by atoms with E-state index in [4.69, 9.17) is 4.74 Å². The van der Waals surface area contributed by atoms with Crippen molar-refractivity contribution in [3.05, 3.63) is 0 Å². The summed E-state index contributed by atoms with van der Waals surface area (Å²) in [5, 5.41) is 0. The molecule has 0 bridgehead atoms. The largest absolute Gasteiger partial charge is 0.376 e. The van der Waals surface area contributed by atoms with E-state index in [9.17, 15) is 8.42 Å². The van der Waals surface area contributed by atoms with E-state index in [0.29, 0.717) is 0 Å². The second-order valence-electron chi connectivity index (χ2n) is 2.98. The summed E-state index contributed by atoms with van der Waals surface area (Å²) in [5.74, 6) is 0. The van der Waals surface area contributed by atoms with E-state index in [1.165, 1.54) is 0 Å². The van der Waals surface area contributed by atoms with Crippen molar-refractivity contribution >= 4 is 10.1 Å².